The third-order valence-corrected chi connectivity index (χ3v) is 5.67. The molecule has 2 fully saturated rings. The summed E-state index contributed by atoms with van der Waals surface area (Å²) in [6.07, 6.45) is 10.4. The van der Waals surface area contributed by atoms with Crippen molar-refractivity contribution in [1.29, 1.82) is 0 Å². The number of carbonyl (C=O) groups is 1. The number of aromatic nitrogens is 3. The minimum Gasteiger partial charge on any atom is -0.376 e. The highest BCUT2D eigenvalue weighted by molar-refractivity contribution is 5.90. The molecule has 6 heteroatoms. The molecule has 1 amide bonds. The van der Waals surface area contributed by atoms with Crippen molar-refractivity contribution < 1.29 is 9.53 Å². The Kier molecular flexibility index (Phi) is 4.68. The molecule has 2 atom stereocenters. The molecule has 2 aromatic rings. The Bertz CT molecular complexity index is 782. The standard InChI is InChI=1S/C20H24N4O2/c1-15-8-16(10-21-9-15)12-26-14-20-5-2-4-17(20)11-24(13-20)19(25)18-22-6-3-7-23-18/h3,6-10,17H,2,4-5,11-14H2,1H3/t17-,20+/m0/s1. The maximum absolute atomic E-state index is 12.7. The lowest BCUT2D eigenvalue weighted by Crippen LogP contribution is -2.35. The number of likely N-dealkylation sites (tertiary alicyclic amines) is 1. The monoisotopic (exact) mass is 352 g/mol. The molecule has 1 saturated carbocycles. The quantitative estimate of drug-likeness (QED) is 0.827. The summed E-state index contributed by atoms with van der Waals surface area (Å²) in [5, 5.41) is 0. The van der Waals surface area contributed by atoms with Crippen LogP contribution in [0, 0.1) is 18.3 Å². The maximum Gasteiger partial charge on any atom is 0.291 e. The maximum atomic E-state index is 12.7. The van der Waals surface area contributed by atoms with Crippen LogP contribution in [-0.2, 0) is 11.3 Å². The lowest BCUT2D eigenvalue weighted by molar-refractivity contribution is 0.0263. The van der Waals surface area contributed by atoms with Crippen LogP contribution in [0.25, 0.3) is 0 Å². The fourth-order valence-electron chi connectivity index (χ4n) is 4.42. The number of rotatable bonds is 5. The van der Waals surface area contributed by atoms with E-state index >= 15 is 0 Å². The lowest BCUT2D eigenvalue weighted by Gasteiger charge is -2.28. The summed E-state index contributed by atoms with van der Waals surface area (Å²) in [6.45, 7) is 4.81. The van der Waals surface area contributed by atoms with Gasteiger partial charge in [0.2, 0.25) is 5.82 Å². The molecule has 0 N–H and O–H groups in total. The summed E-state index contributed by atoms with van der Waals surface area (Å²) in [6, 6.07) is 3.83. The van der Waals surface area contributed by atoms with Crippen molar-refractivity contribution in [2.75, 3.05) is 19.7 Å². The van der Waals surface area contributed by atoms with Gasteiger partial charge in [0.05, 0.1) is 13.2 Å². The van der Waals surface area contributed by atoms with Crippen LogP contribution in [-0.4, -0.2) is 45.5 Å². The van der Waals surface area contributed by atoms with Crippen LogP contribution in [0.15, 0.2) is 36.9 Å². The summed E-state index contributed by atoms with van der Waals surface area (Å²) in [5.41, 5.74) is 2.31. The predicted molar refractivity (Wildman–Crippen MR) is 96.3 cm³/mol. The van der Waals surface area contributed by atoms with E-state index < -0.39 is 0 Å². The van der Waals surface area contributed by atoms with Crippen molar-refractivity contribution >= 4 is 5.91 Å². The topological polar surface area (TPSA) is 68.2 Å². The van der Waals surface area contributed by atoms with E-state index in [-0.39, 0.29) is 17.1 Å². The van der Waals surface area contributed by atoms with Crippen molar-refractivity contribution in [2.45, 2.75) is 32.8 Å². The molecule has 2 aliphatic rings. The van der Waals surface area contributed by atoms with Crippen LogP contribution in [0.4, 0.5) is 0 Å². The number of hydrogen-bond donors (Lipinski definition) is 0. The molecule has 1 aliphatic heterocycles. The van der Waals surface area contributed by atoms with Crippen LogP contribution in [0.3, 0.4) is 0 Å². The molecule has 4 rings (SSSR count). The van der Waals surface area contributed by atoms with Crippen molar-refractivity contribution in [2.24, 2.45) is 11.3 Å². The molecule has 2 aromatic heterocycles. The fourth-order valence-corrected chi connectivity index (χ4v) is 4.42. The summed E-state index contributed by atoms with van der Waals surface area (Å²) in [5.74, 6) is 0.724. The molecule has 0 radical (unpaired) electrons. The van der Waals surface area contributed by atoms with Crippen molar-refractivity contribution in [3.63, 3.8) is 0 Å². The van der Waals surface area contributed by atoms with E-state index in [9.17, 15) is 4.79 Å². The van der Waals surface area contributed by atoms with Gasteiger partial charge in [-0.3, -0.25) is 9.78 Å². The summed E-state index contributed by atoms with van der Waals surface area (Å²) in [7, 11) is 0. The van der Waals surface area contributed by atoms with Crippen LogP contribution in [0.5, 0.6) is 0 Å². The number of nitrogens with zero attached hydrogens (tertiary/aromatic N) is 4. The number of amides is 1. The Morgan fingerprint density at radius 3 is 3.00 bits per heavy atom. The Labute approximate surface area is 153 Å². The van der Waals surface area contributed by atoms with Gasteiger partial charge in [-0.15, -0.1) is 0 Å². The number of pyridine rings is 1. The summed E-state index contributed by atoms with van der Waals surface area (Å²) in [4.78, 5) is 27.1. The zero-order valence-corrected chi connectivity index (χ0v) is 15.1. The predicted octanol–water partition coefficient (Wildman–Crippen LogP) is 2.64. The molecule has 0 aromatic carbocycles. The van der Waals surface area contributed by atoms with Gasteiger partial charge in [0.15, 0.2) is 0 Å². The van der Waals surface area contributed by atoms with Gasteiger partial charge in [0.1, 0.15) is 0 Å². The molecule has 6 nitrogen and oxygen atoms in total. The number of aryl methyl sites for hydroxylation is 1. The van der Waals surface area contributed by atoms with E-state index in [1.807, 2.05) is 24.2 Å². The smallest absolute Gasteiger partial charge is 0.291 e. The molecule has 0 unspecified atom stereocenters. The molecule has 0 spiro atoms. The fraction of sp³-hybridized carbons (Fsp3) is 0.500. The van der Waals surface area contributed by atoms with Crippen LogP contribution in [0.2, 0.25) is 0 Å². The zero-order valence-electron chi connectivity index (χ0n) is 15.1. The molecule has 0 bridgehead atoms. The lowest BCUT2D eigenvalue weighted by atomic mass is 9.81. The highest BCUT2D eigenvalue weighted by atomic mass is 16.5. The van der Waals surface area contributed by atoms with Gasteiger partial charge in [-0.05, 0) is 42.9 Å². The largest absolute Gasteiger partial charge is 0.376 e. The van der Waals surface area contributed by atoms with E-state index in [1.165, 1.54) is 6.42 Å². The van der Waals surface area contributed by atoms with Gasteiger partial charge in [0, 0.05) is 43.3 Å². The van der Waals surface area contributed by atoms with Gasteiger partial charge < -0.3 is 9.64 Å². The highest BCUT2D eigenvalue weighted by Gasteiger charge is 2.51. The van der Waals surface area contributed by atoms with Crippen LogP contribution in [0.1, 0.15) is 41.0 Å². The Hall–Kier alpha value is -2.34. The Morgan fingerprint density at radius 2 is 2.19 bits per heavy atom. The Morgan fingerprint density at radius 1 is 1.35 bits per heavy atom. The van der Waals surface area contributed by atoms with Gasteiger partial charge in [-0.1, -0.05) is 12.5 Å². The minimum atomic E-state index is -0.0674. The third-order valence-electron chi connectivity index (χ3n) is 5.67. The van der Waals surface area contributed by atoms with Gasteiger partial charge in [0.25, 0.3) is 5.91 Å². The van der Waals surface area contributed by atoms with Gasteiger partial charge >= 0.3 is 0 Å². The first-order valence-corrected chi connectivity index (χ1v) is 9.21. The summed E-state index contributed by atoms with van der Waals surface area (Å²) >= 11 is 0. The number of fused-ring (bicyclic) bond motifs is 1. The van der Waals surface area contributed by atoms with Crippen molar-refractivity contribution in [3.8, 4) is 0 Å². The molecule has 3 heterocycles. The zero-order chi connectivity index (χ0) is 18.0. The molecular weight excluding hydrogens is 328 g/mol. The second-order valence-corrected chi connectivity index (χ2v) is 7.57. The average Bonchev–Trinajstić information content (AvgIpc) is 3.19. The third kappa shape index (κ3) is 3.33. The Balaban J connectivity index is 1.41. The molecule has 1 aliphatic carbocycles. The molecule has 1 saturated heterocycles. The first kappa shape index (κ1) is 17.1. The average molecular weight is 352 g/mol. The van der Waals surface area contributed by atoms with Gasteiger partial charge in [-0.2, -0.15) is 0 Å². The molecule has 26 heavy (non-hydrogen) atoms. The number of carbonyl (C=O) groups excluding carboxylic acids is 1. The van der Waals surface area contributed by atoms with Gasteiger partial charge in [-0.25, -0.2) is 9.97 Å². The van der Waals surface area contributed by atoms with E-state index in [2.05, 4.69) is 21.0 Å². The van der Waals surface area contributed by atoms with E-state index in [4.69, 9.17) is 4.74 Å². The second-order valence-electron chi connectivity index (χ2n) is 7.57. The van der Waals surface area contributed by atoms with Crippen LogP contribution >= 0.6 is 0 Å². The van der Waals surface area contributed by atoms with Crippen molar-refractivity contribution in [1.82, 2.24) is 19.9 Å². The SMILES string of the molecule is Cc1cncc(COC[C@]23CCC[C@H]2CN(C(=O)c2ncccn2)C3)c1. The minimum absolute atomic E-state index is 0.0674. The molecule has 136 valence electrons. The first-order chi connectivity index (χ1) is 12.7. The second kappa shape index (κ2) is 7.11. The number of ether oxygens (including phenoxy) is 1. The van der Waals surface area contributed by atoms with E-state index in [0.717, 1.165) is 37.1 Å². The molecular formula is C20H24N4O2. The first-order valence-electron chi connectivity index (χ1n) is 9.21. The van der Waals surface area contributed by atoms with Crippen LogP contribution < -0.4 is 0 Å². The normalized spacial score (nSPS) is 24.7. The highest BCUT2D eigenvalue weighted by Crippen LogP contribution is 2.49. The summed E-state index contributed by atoms with van der Waals surface area (Å²) < 4.78 is 6.09. The number of hydrogen-bond acceptors (Lipinski definition) is 5. The van der Waals surface area contributed by atoms with E-state index in [0.29, 0.717) is 19.1 Å². The van der Waals surface area contributed by atoms with Crippen molar-refractivity contribution in [3.05, 3.63) is 53.9 Å². The van der Waals surface area contributed by atoms with E-state index in [1.54, 1.807) is 18.5 Å².